The van der Waals surface area contributed by atoms with Crippen LogP contribution in [0.1, 0.15) is 0 Å². The zero-order valence-corrected chi connectivity index (χ0v) is 18.2. The molecule has 29 heavy (non-hydrogen) atoms. The molecule has 10 heteroatoms. The molecular weight excluding hydrogens is 483 g/mol. The molecule has 1 amide bonds. The number of para-hydroxylation sites is 1. The summed E-state index contributed by atoms with van der Waals surface area (Å²) in [4.78, 5) is 18.0. The Balaban J connectivity index is 1.60. The fourth-order valence-corrected chi connectivity index (χ4v) is 7.58. The van der Waals surface area contributed by atoms with E-state index in [1.165, 1.54) is 22.7 Å². The van der Waals surface area contributed by atoms with E-state index in [1.54, 1.807) is 36.4 Å². The van der Waals surface area contributed by atoms with Crippen LogP contribution in [0.3, 0.4) is 0 Å². The summed E-state index contributed by atoms with van der Waals surface area (Å²) < 4.78 is 44.8. The number of amidine groups is 1. The molecule has 0 N–H and O–H groups in total. The van der Waals surface area contributed by atoms with Crippen molar-refractivity contribution in [1.82, 2.24) is 0 Å². The second kappa shape index (κ2) is 8.08. The van der Waals surface area contributed by atoms with Gasteiger partial charge >= 0.3 is 0 Å². The van der Waals surface area contributed by atoms with Crippen molar-refractivity contribution in [3.8, 4) is 5.75 Å². The average molecular weight is 499 g/mol. The number of fused-ring (bicyclic) bond motifs is 1. The molecule has 2 atom stereocenters. The van der Waals surface area contributed by atoms with Crippen LogP contribution in [0.2, 0.25) is 0 Å². The minimum Gasteiger partial charge on any atom is -0.484 e. The highest BCUT2D eigenvalue weighted by molar-refractivity contribution is 9.10. The molecule has 2 heterocycles. The Bertz CT molecular complexity index is 1080. The van der Waals surface area contributed by atoms with Gasteiger partial charge in [-0.1, -0.05) is 45.9 Å². The first-order valence-electron chi connectivity index (χ1n) is 8.73. The summed E-state index contributed by atoms with van der Waals surface area (Å²) in [6, 6.07) is 12.9. The van der Waals surface area contributed by atoms with Crippen molar-refractivity contribution in [2.75, 3.05) is 23.0 Å². The number of sulfone groups is 1. The molecule has 0 aliphatic carbocycles. The van der Waals surface area contributed by atoms with E-state index in [-0.39, 0.29) is 34.2 Å². The van der Waals surface area contributed by atoms with Crippen LogP contribution in [0.4, 0.5) is 10.1 Å². The van der Waals surface area contributed by atoms with Gasteiger partial charge in [-0.25, -0.2) is 12.8 Å². The summed E-state index contributed by atoms with van der Waals surface area (Å²) in [6.07, 6.45) is 0. The molecule has 2 aromatic rings. The minimum absolute atomic E-state index is 0.0231. The number of amides is 1. The SMILES string of the molecule is O=C(COc1ccccc1)N=C1S[C@@H]2CS(=O)(=O)C[C@@H]2N1c1ccc(Br)cc1F. The van der Waals surface area contributed by atoms with Gasteiger partial charge in [-0.2, -0.15) is 4.99 Å². The molecule has 0 radical (unpaired) electrons. The van der Waals surface area contributed by atoms with Crippen LogP contribution < -0.4 is 9.64 Å². The number of aliphatic imine (C=N–C) groups is 1. The molecule has 2 saturated heterocycles. The van der Waals surface area contributed by atoms with Crippen LogP contribution in [0.25, 0.3) is 0 Å². The maximum absolute atomic E-state index is 14.6. The fraction of sp³-hybridized carbons (Fsp3) is 0.263. The highest BCUT2D eigenvalue weighted by Crippen LogP contribution is 2.42. The monoisotopic (exact) mass is 498 g/mol. The van der Waals surface area contributed by atoms with Crippen molar-refractivity contribution in [2.45, 2.75) is 11.3 Å². The zero-order valence-electron chi connectivity index (χ0n) is 15.0. The zero-order chi connectivity index (χ0) is 20.6. The van der Waals surface area contributed by atoms with Crippen LogP contribution in [-0.4, -0.2) is 48.9 Å². The number of rotatable bonds is 4. The van der Waals surface area contributed by atoms with Gasteiger partial charge in [0.15, 0.2) is 21.6 Å². The molecule has 0 unspecified atom stereocenters. The molecule has 0 bridgehead atoms. The first kappa shape index (κ1) is 20.4. The van der Waals surface area contributed by atoms with Crippen LogP contribution in [0.15, 0.2) is 58.0 Å². The lowest BCUT2D eigenvalue weighted by Gasteiger charge is -2.25. The number of carbonyl (C=O) groups is 1. The van der Waals surface area contributed by atoms with Crippen molar-refractivity contribution >= 4 is 54.3 Å². The number of thioether (sulfide) groups is 1. The van der Waals surface area contributed by atoms with Gasteiger partial charge in [-0.3, -0.25) is 4.79 Å². The molecule has 0 saturated carbocycles. The van der Waals surface area contributed by atoms with Crippen LogP contribution in [-0.2, 0) is 14.6 Å². The maximum Gasteiger partial charge on any atom is 0.285 e. The quantitative estimate of drug-likeness (QED) is 0.643. The van der Waals surface area contributed by atoms with Gasteiger partial charge in [-0.05, 0) is 30.3 Å². The number of halogens is 2. The number of nitrogens with zero attached hydrogens (tertiary/aromatic N) is 2. The van der Waals surface area contributed by atoms with Crippen molar-refractivity contribution < 1.29 is 22.3 Å². The second-order valence-electron chi connectivity index (χ2n) is 6.66. The van der Waals surface area contributed by atoms with Crippen LogP contribution in [0, 0.1) is 5.82 Å². The minimum atomic E-state index is -3.22. The predicted molar refractivity (Wildman–Crippen MR) is 115 cm³/mol. The topological polar surface area (TPSA) is 76.0 Å². The normalized spacial score (nSPS) is 23.9. The van der Waals surface area contributed by atoms with Gasteiger partial charge in [0, 0.05) is 9.72 Å². The van der Waals surface area contributed by atoms with Gasteiger partial charge in [-0.15, -0.1) is 0 Å². The molecule has 4 rings (SSSR count). The van der Waals surface area contributed by atoms with Gasteiger partial charge < -0.3 is 9.64 Å². The standard InChI is InChI=1S/C19H16BrFN2O4S2/c20-12-6-7-15(14(21)8-12)23-16-10-29(25,26)11-17(16)28-19(23)22-18(24)9-27-13-4-2-1-3-5-13/h1-8,16-17H,9-11H2/t16-,17+/m0/s1. The van der Waals surface area contributed by atoms with Gasteiger partial charge in [0.2, 0.25) is 0 Å². The lowest BCUT2D eigenvalue weighted by atomic mass is 10.2. The summed E-state index contributed by atoms with van der Waals surface area (Å²) in [5, 5.41) is -0.0116. The lowest BCUT2D eigenvalue weighted by Crippen LogP contribution is -2.38. The Morgan fingerprint density at radius 1 is 1.24 bits per heavy atom. The van der Waals surface area contributed by atoms with Crippen LogP contribution >= 0.6 is 27.7 Å². The van der Waals surface area contributed by atoms with Gasteiger partial charge in [0.1, 0.15) is 11.6 Å². The van der Waals surface area contributed by atoms with E-state index >= 15 is 0 Å². The first-order valence-corrected chi connectivity index (χ1v) is 12.2. The van der Waals surface area contributed by atoms with Crippen LogP contribution in [0.5, 0.6) is 5.75 Å². The van der Waals surface area contributed by atoms with Gasteiger partial charge in [0.25, 0.3) is 5.91 Å². The van der Waals surface area contributed by atoms with E-state index in [1.807, 2.05) is 6.07 Å². The van der Waals surface area contributed by atoms with Crippen molar-refractivity contribution in [2.24, 2.45) is 4.99 Å². The highest BCUT2D eigenvalue weighted by Gasteiger charge is 2.50. The summed E-state index contributed by atoms with van der Waals surface area (Å²) in [7, 11) is -3.22. The average Bonchev–Trinajstić information content (AvgIpc) is 3.12. The number of benzene rings is 2. The third-order valence-corrected chi connectivity index (χ3v) is 8.26. The Labute approximate surface area is 180 Å². The lowest BCUT2D eigenvalue weighted by molar-refractivity contribution is -0.119. The van der Waals surface area contributed by atoms with E-state index in [4.69, 9.17) is 4.74 Å². The summed E-state index contributed by atoms with van der Waals surface area (Å²) in [5.41, 5.74) is 0.195. The number of hydrogen-bond acceptors (Lipinski definition) is 5. The summed E-state index contributed by atoms with van der Waals surface area (Å²) in [5.74, 6) is -0.635. The summed E-state index contributed by atoms with van der Waals surface area (Å²) in [6.45, 7) is -0.266. The first-order chi connectivity index (χ1) is 13.8. The van der Waals surface area contributed by atoms with E-state index < -0.39 is 27.6 Å². The molecule has 0 aromatic heterocycles. The third kappa shape index (κ3) is 4.49. The number of carbonyl (C=O) groups excluding carboxylic acids is 1. The Morgan fingerprint density at radius 3 is 2.72 bits per heavy atom. The van der Waals surface area contributed by atoms with Crippen molar-refractivity contribution in [3.05, 3.63) is 58.8 Å². The molecule has 0 spiro atoms. The number of ether oxygens (including phenoxy) is 1. The Morgan fingerprint density at radius 2 is 2.00 bits per heavy atom. The van der Waals surface area contributed by atoms with E-state index in [2.05, 4.69) is 20.9 Å². The molecule has 2 aliphatic rings. The number of hydrogen-bond donors (Lipinski definition) is 0. The fourth-order valence-electron chi connectivity index (χ4n) is 3.32. The smallest absolute Gasteiger partial charge is 0.285 e. The van der Waals surface area contributed by atoms with E-state index in [9.17, 15) is 17.6 Å². The van der Waals surface area contributed by atoms with Gasteiger partial charge in [0.05, 0.1) is 23.2 Å². The molecule has 6 nitrogen and oxygen atoms in total. The maximum atomic E-state index is 14.6. The molecular formula is C19H16BrFN2O4S2. The third-order valence-electron chi connectivity index (χ3n) is 4.56. The molecule has 2 aliphatic heterocycles. The Hall–Kier alpha value is -1.91. The molecule has 2 fully saturated rings. The molecule has 2 aromatic carbocycles. The predicted octanol–water partition coefficient (Wildman–Crippen LogP) is 3.27. The largest absolute Gasteiger partial charge is 0.484 e. The van der Waals surface area contributed by atoms with E-state index in [0.29, 0.717) is 10.2 Å². The molecule has 152 valence electrons. The summed E-state index contributed by atoms with van der Waals surface area (Å²) >= 11 is 4.41. The Kier molecular flexibility index (Phi) is 5.67. The van der Waals surface area contributed by atoms with Crippen molar-refractivity contribution in [1.29, 1.82) is 0 Å². The van der Waals surface area contributed by atoms with E-state index in [0.717, 1.165) is 0 Å². The second-order valence-corrected chi connectivity index (χ2v) is 10.9. The number of anilines is 1. The highest BCUT2D eigenvalue weighted by atomic mass is 79.9. The van der Waals surface area contributed by atoms with Crippen molar-refractivity contribution in [3.63, 3.8) is 0 Å².